The van der Waals surface area contributed by atoms with Crippen LogP contribution in [-0.2, 0) is 4.79 Å². The Balaban J connectivity index is 1.78. The van der Waals surface area contributed by atoms with Gasteiger partial charge in [0.15, 0.2) is 0 Å². The second kappa shape index (κ2) is 6.32. The molecule has 4 nitrogen and oxygen atoms in total. The van der Waals surface area contributed by atoms with Gasteiger partial charge in [-0.25, -0.2) is 0 Å². The summed E-state index contributed by atoms with van der Waals surface area (Å²) in [4.78, 5) is 25.3. The van der Waals surface area contributed by atoms with Crippen molar-refractivity contribution in [2.75, 3.05) is 6.54 Å². The van der Waals surface area contributed by atoms with Crippen LogP contribution in [0.25, 0.3) is 10.4 Å². The van der Waals surface area contributed by atoms with Gasteiger partial charge in [0.2, 0.25) is 5.91 Å². The molecule has 0 radical (unpaired) electrons. The molecule has 2 N–H and O–H groups in total. The van der Waals surface area contributed by atoms with E-state index in [1.165, 1.54) is 10.4 Å². The first-order chi connectivity index (χ1) is 10.6. The maximum absolute atomic E-state index is 12.4. The average Bonchev–Trinajstić information content (AvgIpc) is 2.96. The molecular formula is C17H18N2O2S. The summed E-state index contributed by atoms with van der Waals surface area (Å²) in [5.41, 5.74) is 2.83. The number of piperidine rings is 1. The van der Waals surface area contributed by atoms with Gasteiger partial charge in [-0.15, -0.1) is 11.3 Å². The van der Waals surface area contributed by atoms with Gasteiger partial charge in [0.05, 0.1) is 0 Å². The van der Waals surface area contributed by atoms with Crippen molar-refractivity contribution in [3.05, 3.63) is 46.8 Å². The maximum atomic E-state index is 12.4. The van der Waals surface area contributed by atoms with Crippen LogP contribution in [0.2, 0.25) is 0 Å². The molecule has 0 saturated carbocycles. The number of benzene rings is 1. The van der Waals surface area contributed by atoms with Crippen LogP contribution in [0, 0.1) is 6.92 Å². The molecule has 1 aliphatic rings. The lowest BCUT2D eigenvalue weighted by Crippen LogP contribution is -2.50. The highest BCUT2D eigenvalue weighted by Gasteiger charge is 2.24. The highest BCUT2D eigenvalue weighted by Crippen LogP contribution is 2.29. The summed E-state index contributed by atoms with van der Waals surface area (Å²) in [5, 5.41) is 7.65. The third-order valence-electron chi connectivity index (χ3n) is 3.84. The van der Waals surface area contributed by atoms with Crippen molar-refractivity contribution < 1.29 is 9.59 Å². The maximum Gasteiger partial charge on any atom is 0.251 e. The van der Waals surface area contributed by atoms with E-state index in [9.17, 15) is 9.59 Å². The van der Waals surface area contributed by atoms with E-state index >= 15 is 0 Å². The molecule has 1 aliphatic heterocycles. The lowest BCUT2D eigenvalue weighted by atomic mass is 10.0. The summed E-state index contributed by atoms with van der Waals surface area (Å²) in [6, 6.07) is 9.19. The molecule has 5 heteroatoms. The molecule has 0 unspecified atom stereocenters. The Bertz CT molecular complexity index is 708. The molecule has 0 spiro atoms. The highest BCUT2D eigenvalue weighted by molar-refractivity contribution is 7.13. The number of nitrogens with one attached hydrogen (secondary N) is 2. The topological polar surface area (TPSA) is 58.2 Å². The number of rotatable bonds is 3. The third kappa shape index (κ3) is 3.04. The Hall–Kier alpha value is -2.14. The molecule has 1 atom stereocenters. The number of carbonyl (C=O) groups excluding carboxylic acids is 2. The van der Waals surface area contributed by atoms with Crippen molar-refractivity contribution in [1.82, 2.24) is 10.6 Å². The predicted molar refractivity (Wildman–Crippen MR) is 88.0 cm³/mol. The number of carbonyl (C=O) groups is 2. The van der Waals surface area contributed by atoms with Crippen LogP contribution in [0.4, 0.5) is 0 Å². The van der Waals surface area contributed by atoms with Crippen molar-refractivity contribution in [2.45, 2.75) is 25.8 Å². The quantitative estimate of drug-likeness (QED) is 0.915. The second-order valence-electron chi connectivity index (χ2n) is 5.47. The third-order valence-corrected chi connectivity index (χ3v) is 4.91. The lowest BCUT2D eigenvalue weighted by molar-refractivity contribution is -0.124. The Kier molecular flexibility index (Phi) is 4.24. The van der Waals surface area contributed by atoms with Crippen LogP contribution < -0.4 is 10.6 Å². The zero-order valence-corrected chi connectivity index (χ0v) is 13.2. The second-order valence-corrected chi connectivity index (χ2v) is 6.39. The highest BCUT2D eigenvalue weighted by atomic mass is 32.1. The molecule has 3 rings (SSSR count). The van der Waals surface area contributed by atoms with E-state index in [1.807, 2.05) is 23.6 Å². The van der Waals surface area contributed by atoms with Crippen molar-refractivity contribution in [1.29, 1.82) is 0 Å². The van der Waals surface area contributed by atoms with Gasteiger partial charge in [0, 0.05) is 17.0 Å². The van der Waals surface area contributed by atoms with Crippen LogP contribution in [0.15, 0.2) is 35.7 Å². The number of hydrogen-bond acceptors (Lipinski definition) is 3. The number of thiophene rings is 1. The molecule has 0 aliphatic carbocycles. The minimum absolute atomic E-state index is 0.0927. The van der Waals surface area contributed by atoms with Crippen LogP contribution in [0.3, 0.4) is 0 Å². The molecular weight excluding hydrogens is 296 g/mol. The van der Waals surface area contributed by atoms with Crippen LogP contribution >= 0.6 is 11.3 Å². The van der Waals surface area contributed by atoms with Gasteiger partial charge in [-0.1, -0.05) is 12.1 Å². The molecule has 22 heavy (non-hydrogen) atoms. The van der Waals surface area contributed by atoms with E-state index < -0.39 is 6.04 Å². The first-order valence-electron chi connectivity index (χ1n) is 7.38. The summed E-state index contributed by atoms with van der Waals surface area (Å²) in [7, 11) is 0. The monoisotopic (exact) mass is 314 g/mol. The first kappa shape index (κ1) is 14.8. The fourth-order valence-electron chi connectivity index (χ4n) is 2.62. The molecule has 0 bridgehead atoms. The van der Waals surface area contributed by atoms with Gasteiger partial charge < -0.3 is 10.6 Å². The van der Waals surface area contributed by atoms with Crippen molar-refractivity contribution in [3.8, 4) is 10.4 Å². The van der Waals surface area contributed by atoms with E-state index in [2.05, 4.69) is 23.6 Å². The largest absolute Gasteiger partial charge is 0.354 e. The van der Waals surface area contributed by atoms with E-state index in [4.69, 9.17) is 0 Å². The minimum atomic E-state index is -0.423. The first-order valence-corrected chi connectivity index (χ1v) is 8.26. The fraction of sp³-hybridized carbons (Fsp3) is 0.294. The molecule has 1 saturated heterocycles. The van der Waals surface area contributed by atoms with E-state index in [1.54, 1.807) is 17.4 Å². The normalized spacial score (nSPS) is 17.9. The van der Waals surface area contributed by atoms with E-state index in [0.717, 1.165) is 12.0 Å². The molecule has 1 aromatic heterocycles. The molecule has 114 valence electrons. The van der Waals surface area contributed by atoms with Gasteiger partial charge in [-0.3, -0.25) is 9.59 Å². The molecule has 2 aromatic rings. The van der Waals surface area contributed by atoms with Crippen LogP contribution in [0.1, 0.15) is 28.8 Å². The Morgan fingerprint density at radius 3 is 2.95 bits per heavy atom. The summed E-state index contributed by atoms with van der Waals surface area (Å²) in [6.07, 6.45) is 1.59. The summed E-state index contributed by atoms with van der Waals surface area (Å²) in [6.45, 7) is 2.75. The van der Waals surface area contributed by atoms with E-state index in [0.29, 0.717) is 18.5 Å². The van der Waals surface area contributed by atoms with Gasteiger partial charge in [-0.05, 0) is 54.5 Å². The van der Waals surface area contributed by atoms with E-state index in [-0.39, 0.29) is 11.8 Å². The van der Waals surface area contributed by atoms with Gasteiger partial charge in [-0.2, -0.15) is 0 Å². The Morgan fingerprint density at radius 2 is 2.23 bits per heavy atom. The Morgan fingerprint density at radius 1 is 1.36 bits per heavy atom. The summed E-state index contributed by atoms with van der Waals surface area (Å²) >= 11 is 1.66. The van der Waals surface area contributed by atoms with Crippen LogP contribution in [-0.4, -0.2) is 24.4 Å². The van der Waals surface area contributed by atoms with Crippen LogP contribution in [0.5, 0.6) is 0 Å². The lowest BCUT2D eigenvalue weighted by Gasteiger charge is -2.22. The Labute approximate surface area is 133 Å². The van der Waals surface area contributed by atoms with Gasteiger partial charge in [0.25, 0.3) is 5.91 Å². The molecule has 1 aromatic carbocycles. The van der Waals surface area contributed by atoms with Gasteiger partial charge >= 0.3 is 0 Å². The molecule has 2 heterocycles. The van der Waals surface area contributed by atoms with Crippen molar-refractivity contribution in [3.63, 3.8) is 0 Å². The smallest absolute Gasteiger partial charge is 0.251 e. The summed E-state index contributed by atoms with van der Waals surface area (Å²) in [5.74, 6) is -0.289. The van der Waals surface area contributed by atoms with Crippen molar-refractivity contribution in [2.24, 2.45) is 0 Å². The standard InChI is InChI=1S/C17H18N2O2S/c1-11-7-9-22-15(11)12-4-2-5-13(10-12)16(20)19-14-6-3-8-18-17(14)21/h2,4-5,7,9-10,14H,3,6,8H2,1H3,(H,18,21)(H,19,20)/t14-/m0/s1. The zero-order chi connectivity index (χ0) is 15.5. The minimum Gasteiger partial charge on any atom is -0.354 e. The molecule has 1 fully saturated rings. The fourth-order valence-corrected chi connectivity index (χ4v) is 3.55. The average molecular weight is 314 g/mol. The van der Waals surface area contributed by atoms with Gasteiger partial charge in [0.1, 0.15) is 6.04 Å². The number of amides is 2. The zero-order valence-electron chi connectivity index (χ0n) is 12.4. The SMILES string of the molecule is Cc1ccsc1-c1cccc(C(=O)N[C@H]2CCCNC2=O)c1. The predicted octanol–water partition coefficient (Wildman–Crippen LogP) is 2.73. The number of hydrogen-bond donors (Lipinski definition) is 2. The van der Waals surface area contributed by atoms with Crippen molar-refractivity contribution >= 4 is 23.2 Å². The molecule has 2 amide bonds. The number of aryl methyl sites for hydroxylation is 1. The summed E-state index contributed by atoms with van der Waals surface area (Å²) < 4.78 is 0.